The summed E-state index contributed by atoms with van der Waals surface area (Å²) in [6, 6.07) is 13.8. The highest BCUT2D eigenvalue weighted by Gasteiger charge is 2.29. The van der Waals surface area contributed by atoms with Gasteiger partial charge in [-0.05, 0) is 50.6 Å². The molecule has 0 bridgehead atoms. The fourth-order valence-electron chi connectivity index (χ4n) is 3.53. The van der Waals surface area contributed by atoms with Gasteiger partial charge in [0.15, 0.2) is 5.75 Å². The molecular formula is C24H27N3O3. The molecule has 1 saturated heterocycles. The van der Waals surface area contributed by atoms with Crippen molar-refractivity contribution in [3.05, 3.63) is 60.2 Å². The van der Waals surface area contributed by atoms with E-state index < -0.39 is 5.60 Å². The quantitative estimate of drug-likeness (QED) is 0.665. The monoisotopic (exact) mass is 405 g/mol. The number of piperazine rings is 1. The van der Waals surface area contributed by atoms with Crippen molar-refractivity contribution in [3.63, 3.8) is 0 Å². The Morgan fingerprint density at radius 3 is 2.53 bits per heavy atom. The maximum atomic E-state index is 12.4. The molecular weight excluding hydrogens is 378 g/mol. The lowest BCUT2D eigenvalue weighted by Gasteiger charge is -2.37. The average Bonchev–Trinajstić information content (AvgIpc) is 2.88. The molecule has 2 aromatic rings. The maximum Gasteiger partial charge on any atom is 0.410 e. The fraction of sp³-hybridized carbons (Fsp3) is 0.333. The lowest BCUT2D eigenvalue weighted by atomic mass is 10.1. The van der Waals surface area contributed by atoms with Crippen molar-refractivity contribution >= 4 is 23.7 Å². The first-order chi connectivity index (χ1) is 14.3. The predicted molar refractivity (Wildman–Crippen MR) is 119 cm³/mol. The number of amidine groups is 1. The van der Waals surface area contributed by atoms with Crippen LogP contribution in [0.15, 0.2) is 54.0 Å². The van der Waals surface area contributed by atoms with Gasteiger partial charge in [0.1, 0.15) is 22.9 Å². The van der Waals surface area contributed by atoms with Crippen LogP contribution in [0.4, 0.5) is 10.5 Å². The molecule has 0 saturated carbocycles. The minimum Gasteiger partial charge on any atom is -0.454 e. The normalized spacial score (nSPS) is 15.9. The molecule has 0 radical (unpaired) electrons. The standard InChI is InChI=1S/C24H27N3O3/c1-5-17-10-11-18-21(16-17)29-20-9-7-6-8-19(20)25-22(18)26-12-14-27(15-13-26)23(28)30-24(2,3)4/h5-11,16H,1,12-15H2,2-4H3. The van der Waals surface area contributed by atoms with Crippen LogP contribution in [-0.2, 0) is 4.74 Å². The minimum atomic E-state index is -0.498. The maximum absolute atomic E-state index is 12.4. The van der Waals surface area contributed by atoms with E-state index in [0.717, 1.165) is 34.1 Å². The van der Waals surface area contributed by atoms with E-state index in [1.165, 1.54) is 0 Å². The van der Waals surface area contributed by atoms with Crippen LogP contribution in [-0.4, -0.2) is 53.5 Å². The molecule has 6 heteroatoms. The van der Waals surface area contributed by atoms with Crippen LogP contribution in [0.5, 0.6) is 11.5 Å². The summed E-state index contributed by atoms with van der Waals surface area (Å²) in [7, 11) is 0. The number of para-hydroxylation sites is 2. The first-order valence-electron chi connectivity index (χ1n) is 10.2. The van der Waals surface area contributed by atoms with Crippen molar-refractivity contribution < 1.29 is 14.3 Å². The zero-order valence-corrected chi connectivity index (χ0v) is 17.7. The summed E-state index contributed by atoms with van der Waals surface area (Å²) in [6.07, 6.45) is 1.53. The van der Waals surface area contributed by atoms with Gasteiger partial charge >= 0.3 is 6.09 Å². The van der Waals surface area contributed by atoms with Gasteiger partial charge < -0.3 is 19.3 Å². The van der Waals surface area contributed by atoms with Crippen molar-refractivity contribution in [2.24, 2.45) is 4.99 Å². The van der Waals surface area contributed by atoms with E-state index in [1.54, 1.807) is 11.0 Å². The van der Waals surface area contributed by atoms with E-state index in [9.17, 15) is 4.79 Å². The summed E-state index contributed by atoms with van der Waals surface area (Å²) in [6.45, 7) is 12.0. The first-order valence-corrected chi connectivity index (χ1v) is 10.2. The van der Waals surface area contributed by atoms with Gasteiger partial charge in [-0.1, -0.05) is 30.9 Å². The molecule has 156 valence electrons. The summed E-state index contributed by atoms with van der Waals surface area (Å²) < 4.78 is 11.7. The van der Waals surface area contributed by atoms with Crippen molar-refractivity contribution in [2.45, 2.75) is 26.4 Å². The van der Waals surface area contributed by atoms with Gasteiger partial charge in [-0.3, -0.25) is 0 Å². The zero-order chi connectivity index (χ0) is 21.3. The minimum absolute atomic E-state index is 0.269. The summed E-state index contributed by atoms with van der Waals surface area (Å²) >= 11 is 0. The molecule has 2 aliphatic rings. The number of fused-ring (bicyclic) bond motifs is 2. The van der Waals surface area contributed by atoms with E-state index >= 15 is 0 Å². The molecule has 6 nitrogen and oxygen atoms in total. The molecule has 2 aromatic carbocycles. The van der Waals surface area contributed by atoms with Crippen molar-refractivity contribution in [1.82, 2.24) is 9.80 Å². The third kappa shape index (κ3) is 4.17. The first kappa shape index (κ1) is 20.0. The summed E-state index contributed by atoms with van der Waals surface area (Å²) in [5.41, 5.74) is 2.21. The summed E-state index contributed by atoms with van der Waals surface area (Å²) in [5.74, 6) is 2.34. The molecule has 0 aromatic heterocycles. The Bertz CT molecular complexity index is 999. The molecule has 2 heterocycles. The molecule has 0 spiro atoms. The number of nitrogens with zero attached hydrogens (tertiary/aromatic N) is 3. The fourth-order valence-corrected chi connectivity index (χ4v) is 3.53. The Morgan fingerprint density at radius 2 is 1.83 bits per heavy atom. The lowest BCUT2D eigenvalue weighted by Crippen LogP contribution is -2.51. The third-order valence-corrected chi connectivity index (χ3v) is 5.02. The van der Waals surface area contributed by atoms with E-state index in [4.69, 9.17) is 14.5 Å². The van der Waals surface area contributed by atoms with Crippen LogP contribution in [0.1, 0.15) is 31.9 Å². The average molecular weight is 405 g/mol. The van der Waals surface area contributed by atoms with Crippen molar-refractivity contribution in [3.8, 4) is 11.5 Å². The Morgan fingerprint density at radius 1 is 1.10 bits per heavy atom. The van der Waals surface area contributed by atoms with E-state index in [1.807, 2.05) is 63.2 Å². The summed E-state index contributed by atoms with van der Waals surface area (Å²) in [4.78, 5) is 21.3. The number of hydrogen-bond acceptors (Lipinski definition) is 5. The second-order valence-electron chi connectivity index (χ2n) is 8.42. The van der Waals surface area contributed by atoms with Gasteiger partial charge in [0, 0.05) is 26.2 Å². The highest BCUT2D eigenvalue weighted by Crippen LogP contribution is 2.38. The van der Waals surface area contributed by atoms with E-state index in [0.29, 0.717) is 26.2 Å². The number of rotatable bonds is 1. The molecule has 0 aliphatic carbocycles. The largest absolute Gasteiger partial charge is 0.454 e. The molecule has 0 unspecified atom stereocenters. The van der Waals surface area contributed by atoms with Crippen LogP contribution in [0, 0.1) is 0 Å². The van der Waals surface area contributed by atoms with Crippen LogP contribution in [0.3, 0.4) is 0 Å². The van der Waals surface area contributed by atoms with Crippen LogP contribution >= 0.6 is 0 Å². The van der Waals surface area contributed by atoms with Crippen LogP contribution in [0.25, 0.3) is 6.08 Å². The van der Waals surface area contributed by atoms with Crippen molar-refractivity contribution in [2.75, 3.05) is 26.2 Å². The highest BCUT2D eigenvalue weighted by molar-refractivity contribution is 6.04. The van der Waals surface area contributed by atoms with Crippen LogP contribution in [0.2, 0.25) is 0 Å². The Hall–Kier alpha value is -3.28. The third-order valence-electron chi connectivity index (χ3n) is 5.02. The molecule has 0 atom stereocenters. The number of carbonyl (C=O) groups excluding carboxylic acids is 1. The van der Waals surface area contributed by atoms with Gasteiger partial charge in [-0.15, -0.1) is 0 Å². The van der Waals surface area contributed by atoms with Gasteiger partial charge in [-0.25, -0.2) is 9.79 Å². The molecule has 30 heavy (non-hydrogen) atoms. The molecule has 1 fully saturated rings. The van der Waals surface area contributed by atoms with Gasteiger partial charge in [0.05, 0.1) is 5.56 Å². The Kier molecular flexibility index (Phi) is 5.24. The molecule has 4 rings (SSSR count). The van der Waals surface area contributed by atoms with E-state index in [2.05, 4.69) is 11.5 Å². The van der Waals surface area contributed by atoms with Gasteiger partial charge in [-0.2, -0.15) is 0 Å². The molecule has 2 aliphatic heterocycles. The SMILES string of the molecule is C=Cc1ccc2c(c1)Oc1ccccc1N=C2N1CCN(C(=O)OC(C)(C)C)CC1. The van der Waals surface area contributed by atoms with Crippen molar-refractivity contribution in [1.29, 1.82) is 0 Å². The van der Waals surface area contributed by atoms with Crippen LogP contribution < -0.4 is 4.74 Å². The highest BCUT2D eigenvalue weighted by atomic mass is 16.6. The van der Waals surface area contributed by atoms with Gasteiger partial charge in [0.2, 0.25) is 0 Å². The van der Waals surface area contributed by atoms with Gasteiger partial charge in [0.25, 0.3) is 0 Å². The molecule has 0 N–H and O–H groups in total. The second-order valence-corrected chi connectivity index (χ2v) is 8.42. The topological polar surface area (TPSA) is 54.4 Å². The Labute approximate surface area is 177 Å². The lowest BCUT2D eigenvalue weighted by molar-refractivity contribution is 0.0187. The Balaban J connectivity index is 1.61. The predicted octanol–water partition coefficient (Wildman–Crippen LogP) is 5.07. The van der Waals surface area contributed by atoms with E-state index in [-0.39, 0.29) is 6.09 Å². The summed E-state index contributed by atoms with van der Waals surface area (Å²) in [5, 5.41) is 0. The number of aliphatic imine (C=N–C) groups is 1. The number of benzene rings is 2. The molecule has 1 amide bonds. The number of ether oxygens (including phenoxy) is 2. The smallest absolute Gasteiger partial charge is 0.410 e. The number of amides is 1. The zero-order valence-electron chi connectivity index (χ0n) is 17.7. The second kappa shape index (κ2) is 7.86. The number of hydrogen-bond donors (Lipinski definition) is 0. The number of carbonyl (C=O) groups is 1.